The molecular formula is C27H34N4O6S2. The second-order valence-corrected chi connectivity index (χ2v) is 12.9. The summed E-state index contributed by atoms with van der Waals surface area (Å²) in [5, 5.41) is 27.3. The molecule has 0 aliphatic carbocycles. The summed E-state index contributed by atoms with van der Waals surface area (Å²) in [6.45, 7) is 3.41. The minimum atomic E-state index is -1.21. The molecule has 7 N–H and O–H groups in total. The van der Waals surface area contributed by atoms with Crippen LogP contribution in [0.2, 0.25) is 0 Å². The Bertz CT molecular complexity index is 1160. The quantitative estimate of drug-likeness (QED) is 0.256. The van der Waals surface area contributed by atoms with Crippen molar-refractivity contribution in [1.82, 2.24) is 16.0 Å². The highest BCUT2D eigenvalue weighted by Crippen LogP contribution is 2.39. The van der Waals surface area contributed by atoms with E-state index in [-0.39, 0.29) is 24.3 Å². The lowest BCUT2D eigenvalue weighted by atomic mass is 10.0. The normalized spacial score (nSPS) is 22.5. The number of rotatable bonds is 8. The van der Waals surface area contributed by atoms with Crippen molar-refractivity contribution in [2.24, 2.45) is 5.73 Å². The monoisotopic (exact) mass is 574 g/mol. The lowest BCUT2D eigenvalue weighted by molar-refractivity contribution is -0.143. The van der Waals surface area contributed by atoms with Gasteiger partial charge in [0.15, 0.2) is 0 Å². The third-order valence-corrected chi connectivity index (χ3v) is 9.60. The van der Waals surface area contributed by atoms with Gasteiger partial charge in [0, 0.05) is 5.75 Å². The molecule has 0 radical (unpaired) electrons. The number of hydrogen-bond donors (Lipinski definition) is 6. The Morgan fingerprint density at radius 2 is 1.72 bits per heavy atom. The number of amides is 3. The lowest BCUT2D eigenvalue weighted by Crippen LogP contribution is -2.59. The van der Waals surface area contributed by atoms with Crippen molar-refractivity contribution in [3.05, 3.63) is 65.7 Å². The molecule has 10 nitrogen and oxygen atoms in total. The van der Waals surface area contributed by atoms with Gasteiger partial charge in [-0.3, -0.25) is 14.4 Å². The molecule has 0 aromatic heterocycles. The molecule has 3 amide bonds. The van der Waals surface area contributed by atoms with Crippen LogP contribution in [-0.4, -0.2) is 68.6 Å². The minimum Gasteiger partial charge on any atom is -0.508 e. The number of phenols is 1. The van der Waals surface area contributed by atoms with Gasteiger partial charge in [-0.2, -0.15) is 0 Å². The van der Waals surface area contributed by atoms with Crippen LogP contribution in [0.5, 0.6) is 5.75 Å². The van der Waals surface area contributed by atoms with Gasteiger partial charge in [0.25, 0.3) is 0 Å². The van der Waals surface area contributed by atoms with Crippen LogP contribution in [0.25, 0.3) is 0 Å². The molecule has 2 aromatic rings. The first kappa shape index (κ1) is 30.3. The maximum Gasteiger partial charge on any atom is 0.327 e. The van der Waals surface area contributed by atoms with Gasteiger partial charge in [-0.1, -0.05) is 64.1 Å². The van der Waals surface area contributed by atoms with Crippen molar-refractivity contribution in [3.63, 3.8) is 0 Å². The molecule has 4 atom stereocenters. The molecule has 1 aliphatic rings. The average Bonchev–Trinajstić information content (AvgIpc) is 2.91. The SMILES string of the molecule is CC1(C)SSC[C@@H](NC(=O)[C@@H](N)Cc2ccc(O)cc2)C(=O)NC(CCc2ccccc2)C(=O)N[C@H]1C(=O)O. The van der Waals surface area contributed by atoms with E-state index in [4.69, 9.17) is 5.73 Å². The van der Waals surface area contributed by atoms with Gasteiger partial charge in [0.1, 0.15) is 23.9 Å². The summed E-state index contributed by atoms with van der Waals surface area (Å²) >= 11 is 0. The van der Waals surface area contributed by atoms with E-state index in [0.29, 0.717) is 6.42 Å². The van der Waals surface area contributed by atoms with Gasteiger partial charge in [-0.25, -0.2) is 4.79 Å². The largest absolute Gasteiger partial charge is 0.508 e. The number of aromatic hydroxyl groups is 1. The van der Waals surface area contributed by atoms with Crippen molar-refractivity contribution in [2.75, 3.05) is 5.75 Å². The van der Waals surface area contributed by atoms with E-state index < -0.39 is 52.6 Å². The van der Waals surface area contributed by atoms with Gasteiger partial charge in [-0.05, 0) is 56.4 Å². The molecular weight excluding hydrogens is 540 g/mol. The zero-order valence-corrected chi connectivity index (χ0v) is 23.4. The summed E-state index contributed by atoms with van der Waals surface area (Å²) in [6, 6.07) is 11.5. The van der Waals surface area contributed by atoms with E-state index in [9.17, 15) is 29.4 Å². The van der Waals surface area contributed by atoms with Gasteiger partial charge in [0.05, 0.1) is 10.8 Å². The molecule has 0 bridgehead atoms. The number of hydrogen-bond acceptors (Lipinski definition) is 8. The van der Waals surface area contributed by atoms with Crippen LogP contribution in [0.15, 0.2) is 54.6 Å². The summed E-state index contributed by atoms with van der Waals surface area (Å²) in [5.74, 6) is -2.67. The zero-order valence-electron chi connectivity index (χ0n) is 21.8. The fourth-order valence-electron chi connectivity index (χ4n) is 4.01. The van der Waals surface area contributed by atoms with E-state index >= 15 is 0 Å². The van der Waals surface area contributed by atoms with Gasteiger partial charge < -0.3 is 31.9 Å². The highest BCUT2D eigenvalue weighted by molar-refractivity contribution is 8.77. The number of benzene rings is 2. The molecule has 210 valence electrons. The van der Waals surface area contributed by atoms with E-state index in [2.05, 4.69) is 16.0 Å². The molecule has 3 rings (SSSR count). The number of nitrogens with one attached hydrogen (secondary N) is 3. The predicted molar refractivity (Wildman–Crippen MR) is 152 cm³/mol. The third-order valence-electron chi connectivity index (χ3n) is 6.30. The maximum absolute atomic E-state index is 13.3. The first-order valence-corrected chi connectivity index (χ1v) is 14.8. The number of carboxylic acid groups (broad SMARTS) is 1. The minimum absolute atomic E-state index is 0.0966. The fourth-order valence-corrected chi connectivity index (χ4v) is 6.83. The highest BCUT2D eigenvalue weighted by atomic mass is 33.1. The molecule has 2 aromatic carbocycles. The summed E-state index contributed by atoms with van der Waals surface area (Å²) in [6.07, 6.45) is 0.895. The van der Waals surface area contributed by atoms with Gasteiger partial charge in [-0.15, -0.1) is 0 Å². The van der Waals surface area contributed by atoms with Crippen LogP contribution < -0.4 is 21.7 Å². The second kappa shape index (κ2) is 13.7. The summed E-state index contributed by atoms with van der Waals surface area (Å²) in [4.78, 5) is 51.6. The summed E-state index contributed by atoms with van der Waals surface area (Å²) < 4.78 is -0.923. The first-order chi connectivity index (χ1) is 18.5. The van der Waals surface area contributed by atoms with Gasteiger partial charge >= 0.3 is 5.97 Å². The molecule has 1 fully saturated rings. The molecule has 1 saturated heterocycles. The Labute approximate surface area is 235 Å². The van der Waals surface area contributed by atoms with E-state index in [1.54, 1.807) is 26.0 Å². The molecule has 0 saturated carbocycles. The zero-order chi connectivity index (χ0) is 28.6. The van der Waals surface area contributed by atoms with Crippen LogP contribution in [0.1, 0.15) is 31.4 Å². The van der Waals surface area contributed by atoms with Gasteiger partial charge in [0.2, 0.25) is 17.7 Å². The number of aryl methyl sites for hydroxylation is 1. The van der Waals surface area contributed by atoms with E-state index in [0.717, 1.165) is 11.1 Å². The Kier molecular flexibility index (Phi) is 10.7. The molecule has 1 aliphatic heterocycles. The number of carboxylic acids is 1. The number of carbonyl (C=O) groups excluding carboxylic acids is 3. The number of phenolic OH excluding ortho intramolecular Hbond substituents is 1. The Hall–Kier alpha value is -3.22. The van der Waals surface area contributed by atoms with E-state index in [1.807, 2.05) is 30.3 Å². The van der Waals surface area contributed by atoms with Crippen LogP contribution in [-0.2, 0) is 32.0 Å². The maximum atomic E-state index is 13.3. The molecule has 39 heavy (non-hydrogen) atoms. The van der Waals surface area contributed by atoms with Crippen molar-refractivity contribution < 1.29 is 29.4 Å². The second-order valence-electron chi connectivity index (χ2n) is 9.87. The molecule has 1 unspecified atom stereocenters. The summed E-state index contributed by atoms with van der Waals surface area (Å²) in [7, 11) is 2.45. The van der Waals surface area contributed by atoms with Crippen LogP contribution in [0.4, 0.5) is 0 Å². The topological polar surface area (TPSA) is 171 Å². The van der Waals surface area contributed by atoms with Crippen LogP contribution in [0, 0.1) is 0 Å². The van der Waals surface area contributed by atoms with E-state index in [1.165, 1.54) is 33.7 Å². The van der Waals surface area contributed by atoms with Crippen molar-refractivity contribution in [2.45, 2.75) is 62.0 Å². The highest BCUT2D eigenvalue weighted by Gasteiger charge is 2.40. The first-order valence-electron chi connectivity index (χ1n) is 12.5. The number of aliphatic carboxylic acids is 1. The number of carbonyl (C=O) groups is 4. The fraction of sp³-hybridized carbons (Fsp3) is 0.407. The van der Waals surface area contributed by atoms with Crippen LogP contribution >= 0.6 is 21.6 Å². The Morgan fingerprint density at radius 1 is 1.05 bits per heavy atom. The van der Waals surface area contributed by atoms with Crippen molar-refractivity contribution >= 4 is 45.3 Å². The lowest BCUT2D eigenvalue weighted by Gasteiger charge is -2.31. The standard InChI is InChI=1S/C27H34N4O6S2/c1-27(2)22(26(36)37)31-24(34)20(13-10-16-6-4-3-5-7-16)29-25(35)21(15-38-39-27)30-23(33)19(28)14-17-8-11-18(32)12-9-17/h3-9,11-12,19-22,32H,10,13-15,28H2,1-2H3,(H,29,35)(H,30,33)(H,31,34)(H,36,37)/t19-,20?,21+,22-/m0/s1. The van der Waals surface area contributed by atoms with Crippen LogP contribution in [0.3, 0.4) is 0 Å². The third kappa shape index (κ3) is 8.91. The Morgan fingerprint density at radius 3 is 2.36 bits per heavy atom. The molecule has 1 heterocycles. The number of nitrogens with two attached hydrogens (primary N) is 1. The molecule has 12 heteroatoms. The average molecular weight is 575 g/mol. The smallest absolute Gasteiger partial charge is 0.327 e. The Balaban J connectivity index is 1.79. The predicted octanol–water partition coefficient (Wildman–Crippen LogP) is 1.61. The summed E-state index contributed by atoms with van der Waals surface area (Å²) in [5.41, 5.74) is 7.81. The van der Waals surface area contributed by atoms with Crippen molar-refractivity contribution in [1.29, 1.82) is 0 Å². The molecule has 0 spiro atoms. The van der Waals surface area contributed by atoms with Crippen molar-refractivity contribution in [3.8, 4) is 5.75 Å².